The summed E-state index contributed by atoms with van der Waals surface area (Å²) < 4.78 is 18.7. The van der Waals surface area contributed by atoms with Crippen LogP contribution in [0, 0.1) is 12.7 Å². The van der Waals surface area contributed by atoms with Gasteiger partial charge in [-0.2, -0.15) is 0 Å². The smallest absolute Gasteiger partial charge is 0.267 e. The Morgan fingerprint density at radius 3 is 2.61 bits per heavy atom. The van der Waals surface area contributed by atoms with E-state index in [1.54, 1.807) is 25.3 Å². The molecule has 1 saturated heterocycles. The van der Waals surface area contributed by atoms with Gasteiger partial charge < -0.3 is 20.3 Å². The normalized spacial score (nSPS) is 13.7. The minimum Gasteiger partial charge on any atom is -0.378 e. The van der Waals surface area contributed by atoms with Crippen molar-refractivity contribution in [2.45, 2.75) is 6.92 Å². The van der Waals surface area contributed by atoms with Gasteiger partial charge in [0, 0.05) is 18.7 Å². The number of pyridine rings is 1. The van der Waals surface area contributed by atoms with Crippen molar-refractivity contribution in [3.63, 3.8) is 0 Å². The monoisotopic (exact) mass is 440 g/mol. The van der Waals surface area contributed by atoms with Gasteiger partial charge in [-0.15, -0.1) is 11.3 Å². The first kappa shape index (κ1) is 21.0. The van der Waals surface area contributed by atoms with E-state index >= 15 is 0 Å². The number of hydrogen-bond acceptors (Lipinski definition) is 6. The molecule has 9 heteroatoms. The summed E-state index contributed by atoms with van der Waals surface area (Å²) in [5.74, 6) is -0.782. The molecule has 0 bridgehead atoms. The first-order valence-electron chi connectivity index (χ1n) is 9.77. The van der Waals surface area contributed by atoms with Crippen molar-refractivity contribution in [2.75, 3.05) is 41.8 Å². The van der Waals surface area contributed by atoms with E-state index < -0.39 is 11.7 Å². The van der Waals surface area contributed by atoms with Crippen LogP contribution < -0.4 is 15.5 Å². The van der Waals surface area contributed by atoms with Crippen molar-refractivity contribution in [1.82, 2.24) is 4.98 Å². The molecule has 1 aromatic carbocycles. The van der Waals surface area contributed by atoms with Gasteiger partial charge in [0.05, 0.1) is 35.0 Å². The lowest BCUT2D eigenvalue weighted by Gasteiger charge is -2.28. The van der Waals surface area contributed by atoms with Crippen molar-refractivity contribution in [1.29, 1.82) is 0 Å². The SMILES string of the molecule is Cc1cc(NC(=O)c2cccc(F)c2)sc1C(=O)Nc1ccc(N2CCOCC2)cn1. The third-order valence-corrected chi connectivity index (χ3v) is 5.96. The van der Waals surface area contributed by atoms with E-state index in [4.69, 9.17) is 4.74 Å². The number of aryl methyl sites for hydroxylation is 1. The van der Waals surface area contributed by atoms with Crippen LogP contribution in [0.15, 0.2) is 48.7 Å². The van der Waals surface area contributed by atoms with E-state index in [1.165, 1.54) is 18.2 Å². The maximum Gasteiger partial charge on any atom is 0.267 e. The van der Waals surface area contributed by atoms with Crippen LogP contribution in [0.3, 0.4) is 0 Å². The summed E-state index contributed by atoms with van der Waals surface area (Å²) >= 11 is 1.15. The third-order valence-electron chi connectivity index (χ3n) is 4.81. The Labute approximate surface area is 182 Å². The Balaban J connectivity index is 1.41. The quantitative estimate of drug-likeness (QED) is 0.628. The lowest BCUT2D eigenvalue weighted by atomic mass is 10.2. The Morgan fingerprint density at radius 1 is 1.10 bits per heavy atom. The summed E-state index contributed by atoms with van der Waals surface area (Å²) in [5.41, 5.74) is 1.92. The average Bonchev–Trinajstić information content (AvgIpc) is 3.15. The first-order valence-corrected chi connectivity index (χ1v) is 10.6. The molecule has 0 aliphatic carbocycles. The van der Waals surface area contributed by atoms with Crippen molar-refractivity contribution >= 4 is 39.7 Å². The predicted octanol–water partition coefficient (Wildman–Crippen LogP) is 3.93. The number of morpholine rings is 1. The molecule has 0 atom stereocenters. The standard InChI is InChI=1S/C22H21FN4O3S/c1-14-11-19(26-21(28)15-3-2-4-16(23)12-15)31-20(14)22(29)25-18-6-5-17(13-24-18)27-7-9-30-10-8-27/h2-6,11-13H,7-10H2,1H3,(H,26,28)(H,24,25,29). The molecule has 0 saturated carbocycles. The van der Waals surface area contributed by atoms with E-state index in [0.717, 1.165) is 41.7 Å². The number of rotatable bonds is 5. The molecule has 160 valence electrons. The number of carbonyl (C=O) groups excluding carboxylic acids is 2. The molecule has 31 heavy (non-hydrogen) atoms. The lowest BCUT2D eigenvalue weighted by molar-refractivity contribution is 0.101. The molecule has 1 aliphatic heterocycles. The van der Waals surface area contributed by atoms with Crippen LogP contribution in [0.5, 0.6) is 0 Å². The van der Waals surface area contributed by atoms with Gasteiger partial charge in [-0.25, -0.2) is 9.37 Å². The highest BCUT2D eigenvalue weighted by molar-refractivity contribution is 7.18. The number of halogens is 1. The molecular weight excluding hydrogens is 419 g/mol. The highest BCUT2D eigenvalue weighted by Crippen LogP contribution is 2.28. The molecular formula is C22H21FN4O3S. The number of amides is 2. The number of carbonyl (C=O) groups is 2. The zero-order valence-electron chi connectivity index (χ0n) is 16.9. The number of ether oxygens (including phenoxy) is 1. The minimum absolute atomic E-state index is 0.210. The summed E-state index contributed by atoms with van der Waals surface area (Å²) in [7, 11) is 0. The Bertz CT molecular complexity index is 1090. The van der Waals surface area contributed by atoms with Gasteiger partial charge in [0.1, 0.15) is 11.6 Å². The fourth-order valence-electron chi connectivity index (χ4n) is 3.22. The zero-order chi connectivity index (χ0) is 21.8. The highest BCUT2D eigenvalue weighted by atomic mass is 32.1. The molecule has 3 heterocycles. The number of anilines is 3. The molecule has 3 aromatic rings. The number of thiophene rings is 1. The molecule has 0 spiro atoms. The summed E-state index contributed by atoms with van der Waals surface area (Å²) in [6.45, 7) is 4.79. The van der Waals surface area contributed by atoms with Gasteiger partial charge in [0.2, 0.25) is 0 Å². The summed E-state index contributed by atoms with van der Waals surface area (Å²) in [4.78, 5) is 32.0. The van der Waals surface area contributed by atoms with Crippen LogP contribution in [0.25, 0.3) is 0 Å². The maximum absolute atomic E-state index is 13.3. The predicted molar refractivity (Wildman–Crippen MR) is 119 cm³/mol. The molecule has 0 radical (unpaired) electrons. The Hall–Kier alpha value is -3.30. The van der Waals surface area contributed by atoms with E-state index in [2.05, 4.69) is 20.5 Å². The number of aromatic nitrogens is 1. The lowest BCUT2D eigenvalue weighted by Crippen LogP contribution is -2.36. The van der Waals surface area contributed by atoms with E-state index in [1.807, 2.05) is 6.07 Å². The van der Waals surface area contributed by atoms with E-state index in [9.17, 15) is 14.0 Å². The van der Waals surface area contributed by atoms with Crippen molar-refractivity contribution < 1.29 is 18.7 Å². The van der Waals surface area contributed by atoms with Gasteiger partial charge in [0.15, 0.2) is 0 Å². The Kier molecular flexibility index (Phi) is 6.24. The molecule has 4 rings (SSSR count). The van der Waals surface area contributed by atoms with Crippen LogP contribution in [-0.4, -0.2) is 43.1 Å². The molecule has 2 N–H and O–H groups in total. The number of hydrogen-bond donors (Lipinski definition) is 2. The van der Waals surface area contributed by atoms with Gasteiger partial charge in [-0.1, -0.05) is 6.07 Å². The average molecular weight is 441 g/mol. The second-order valence-corrected chi connectivity index (χ2v) is 8.09. The summed E-state index contributed by atoms with van der Waals surface area (Å²) in [5, 5.41) is 6.01. The van der Waals surface area contributed by atoms with Gasteiger partial charge >= 0.3 is 0 Å². The maximum atomic E-state index is 13.3. The zero-order valence-corrected chi connectivity index (χ0v) is 17.7. The van der Waals surface area contributed by atoms with Crippen molar-refractivity contribution in [2.24, 2.45) is 0 Å². The second-order valence-electron chi connectivity index (χ2n) is 7.04. The van der Waals surface area contributed by atoms with Crippen molar-refractivity contribution in [3.05, 3.63) is 70.5 Å². The van der Waals surface area contributed by atoms with Gasteiger partial charge in [0.25, 0.3) is 11.8 Å². The highest BCUT2D eigenvalue weighted by Gasteiger charge is 2.17. The van der Waals surface area contributed by atoms with Crippen LogP contribution in [0.2, 0.25) is 0 Å². The summed E-state index contributed by atoms with van der Waals surface area (Å²) in [6, 6.07) is 10.8. The molecule has 2 amide bonds. The van der Waals surface area contributed by atoms with Gasteiger partial charge in [-0.05, 0) is 48.9 Å². The largest absolute Gasteiger partial charge is 0.378 e. The number of nitrogens with one attached hydrogen (secondary N) is 2. The number of nitrogens with zero attached hydrogens (tertiary/aromatic N) is 2. The minimum atomic E-state index is -0.484. The van der Waals surface area contributed by atoms with Crippen LogP contribution in [0.1, 0.15) is 25.6 Å². The second kappa shape index (κ2) is 9.23. The third kappa shape index (κ3) is 5.07. The fourth-order valence-corrected chi connectivity index (χ4v) is 4.19. The van der Waals surface area contributed by atoms with Crippen LogP contribution in [0.4, 0.5) is 20.9 Å². The molecule has 2 aromatic heterocycles. The van der Waals surface area contributed by atoms with E-state index in [0.29, 0.717) is 28.9 Å². The topological polar surface area (TPSA) is 83.6 Å². The first-order chi connectivity index (χ1) is 15.0. The molecule has 7 nitrogen and oxygen atoms in total. The van der Waals surface area contributed by atoms with Crippen LogP contribution >= 0.6 is 11.3 Å². The molecule has 1 fully saturated rings. The Morgan fingerprint density at radius 2 is 1.90 bits per heavy atom. The summed E-state index contributed by atoms with van der Waals surface area (Å²) in [6.07, 6.45) is 1.73. The van der Waals surface area contributed by atoms with Crippen molar-refractivity contribution in [3.8, 4) is 0 Å². The molecule has 1 aliphatic rings. The molecule has 0 unspecified atom stereocenters. The van der Waals surface area contributed by atoms with Gasteiger partial charge in [-0.3, -0.25) is 9.59 Å². The fraction of sp³-hybridized carbons (Fsp3) is 0.227. The number of benzene rings is 1. The van der Waals surface area contributed by atoms with E-state index in [-0.39, 0.29) is 11.5 Å². The van der Waals surface area contributed by atoms with Crippen LogP contribution in [-0.2, 0) is 4.74 Å².